The van der Waals surface area contributed by atoms with E-state index in [-0.39, 0.29) is 17.4 Å². The number of amides is 2. The van der Waals surface area contributed by atoms with Crippen LogP contribution in [-0.4, -0.2) is 61.6 Å². The van der Waals surface area contributed by atoms with Gasteiger partial charge in [-0.2, -0.15) is 0 Å². The fourth-order valence-corrected chi connectivity index (χ4v) is 5.18. The summed E-state index contributed by atoms with van der Waals surface area (Å²) in [4.78, 5) is 29.6. The highest BCUT2D eigenvalue weighted by Crippen LogP contribution is 2.34. The summed E-state index contributed by atoms with van der Waals surface area (Å²) in [5.74, 6) is -0.0760. The van der Waals surface area contributed by atoms with Gasteiger partial charge in [-0.1, -0.05) is 30.9 Å². The molecule has 0 spiro atoms. The summed E-state index contributed by atoms with van der Waals surface area (Å²) in [7, 11) is 0. The Hall–Kier alpha value is -1.63. The Labute approximate surface area is 177 Å². The molecule has 0 unspecified atom stereocenters. The van der Waals surface area contributed by atoms with E-state index in [2.05, 4.69) is 10.2 Å². The first-order valence-corrected chi connectivity index (χ1v) is 11.2. The second-order valence-corrected chi connectivity index (χ2v) is 8.81. The van der Waals surface area contributed by atoms with Crippen molar-refractivity contribution in [2.75, 3.05) is 44.3 Å². The minimum absolute atomic E-state index is 0.00768. The van der Waals surface area contributed by atoms with Crippen LogP contribution < -0.4 is 10.2 Å². The minimum atomic E-state index is -0.130. The quantitative estimate of drug-likeness (QED) is 0.795. The number of nitrogens with zero attached hydrogens (tertiary/aromatic N) is 2. The Morgan fingerprint density at radius 2 is 1.86 bits per heavy atom. The van der Waals surface area contributed by atoms with Crippen molar-refractivity contribution in [1.29, 1.82) is 0 Å². The van der Waals surface area contributed by atoms with Crippen molar-refractivity contribution < 1.29 is 14.3 Å². The van der Waals surface area contributed by atoms with Gasteiger partial charge in [-0.15, -0.1) is 0 Å². The van der Waals surface area contributed by atoms with Crippen LogP contribution in [0.3, 0.4) is 0 Å². The van der Waals surface area contributed by atoms with E-state index in [4.69, 9.17) is 16.3 Å². The van der Waals surface area contributed by atoms with Crippen molar-refractivity contribution in [3.63, 3.8) is 0 Å². The molecule has 2 heterocycles. The van der Waals surface area contributed by atoms with Crippen LogP contribution in [0.2, 0.25) is 5.02 Å². The maximum atomic E-state index is 13.2. The van der Waals surface area contributed by atoms with Crippen LogP contribution in [0.1, 0.15) is 55.3 Å². The number of hydrogen-bond donors (Lipinski definition) is 1. The molecular formula is C22H30ClN3O3. The minimum Gasteiger partial charge on any atom is -0.379 e. The number of carbonyl (C=O) groups is 2. The van der Waals surface area contributed by atoms with Gasteiger partial charge >= 0.3 is 0 Å². The summed E-state index contributed by atoms with van der Waals surface area (Å²) >= 11 is 6.18. The molecule has 2 amide bonds. The number of carbonyl (C=O) groups excluding carboxylic acids is 2. The van der Waals surface area contributed by atoms with Crippen LogP contribution in [0, 0.1) is 0 Å². The van der Waals surface area contributed by atoms with Crippen LogP contribution in [0.15, 0.2) is 18.2 Å². The molecule has 1 N–H and O–H groups in total. The average Bonchev–Trinajstić information content (AvgIpc) is 3.19. The molecule has 0 bridgehead atoms. The van der Waals surface area contributed by atoms with E-state index < -0.39 is 0 Å². The fourth-order valence-electron chi connectivity index (χ4n) is 5.02. The summed E-state index contributed by atoms with van der Waals surface area (Å²) in [5.41, 5.74) is 1.16. The third kappa shape index (κ3) is 4.44. The van der Waals surface area contributed by atoms with Crippen LogP contribution in [-0.2, 0) is 9.53 Å². The first kappa shape index (κ1) is 20.6. The van der Waals surface area contributed by atoms with E-state index in [0.717, 1.165) is 45.6 Å². The van der Waals surface area contributed by atoms with Crippen molar-refractivity contribution in [1.82, 2.24) is 10.2 Å². The van der Waals surface area contributed by atoms with Gasteiger partial charge in [-0.25, -0.2) is 0 Å². The fraction of sp³-hybridized carbons (Fsp3) is 0.636. The first-order chi connectivity index (χ1) is 14.1. The SMILES string of the molecule is O=C(NCC1(N2CCOCC2)CCCCC1)c1ccc(Cl)cc1N1CCCC1=O. The number of morpholine rings is 1. The molecule has 1 aromatic rings. The molecule has 3 aliphatic rings. The lowest BCUT2D eigenvalue weighted by atomic mass is 9.79. The summed E-state index contributed by atoms with van der Waals surface area (Å²) in [6.45, 7) is 4.62. The number of ether oxygens (including phenoxy) is 1. The number of rotatable bonds is 5. The van der Waals surface area contributed by atoms with Crippen molar-refractivity contribution >= 4 is 29.1 Å². The monoisotopic (exact) mass is 419 g/mol. The number of benzene rings is 1. The zero-order valence-electron chi connectivity index (χ0n) is 16.9. The predicted molar refractivity (Wildman–Crippen MR) is 114 cm³/mol. The molecule has 0 atom stereocenters. The Morgan fingerprint density at radius 1 is 1.10 bits per heavy atom. The van der Waals surface area contributed by atoms with E-state index in [1.807, 2.05) is 0 Å². The van der Waals surface area contributed by atoms with E-state index >= 15 is 0 Å². The molecule has 3 fully saturated rings. The molecule has 0 aromatic heterocycles. The van der Waals surface area contributed by atoms with E-state index in [9.17, 15) is 9.59 Å². The number of halogens is 1. The molecule has 7 heteroatoms. The average molecular weight is 420 g/mol. The van der Waals surface area contributed by atoms with Crippen molar-refractivity contribution in [2.24, 2.45) is 0 Å². The Balaban J connectivity index is 1.52. The third-order valence-corrected chi connectivity index (χ3v) is 6.85. The lowest BCUT2D eigenvalue weighted by Gasteiger charge is -2.48. The van der Waals surface area contributed by atoms with Crippen LogP contribution >= 0.6 is 11.6 Å². The van der Waals surface area contributed by atoms with Gasteiger partial charge in [0.05, 0.1) is 24.5 Å². The van der Waals surface area contributed by atoms with E-state index in [0.29, 0.717) is 35.8 Å². The Morgan fingerprint density at radius 3 is 2.55 bits per heavy atom. The lowest BCUT2D eigenvalue weighted by Crippen LogP contribution is -2.59. The summed E-state index contributed by atoms with van der Waals surface area (Å²) in [6, 6.07) is 5.19. The second-order valence-electron chi connectivity index (χ2n) is 8.38. The normalized spacial score (nSPS) is 22.7. The van der Waals surface area contributed by atoms with Gasteiger partial charge in [0, 0.05) is 43.2 Å². The lowest BCUT2D eigenvalue weighted by molar-refractivity contribution is -0.117. The van der Waals surface area contributed by atoms with Crippen LogP contribution in [0.5, 0.6) is 0 Å². The second kappa shape index (κ2) is 9.02. The topological polar surface area (TPSA) is 61.9 Å². The molecule has 1 aliphatic carbocycles. The van der Waals surface area contributed by atoms with Gasteiger partial charge in [0.15, 0.2) is 0 Å². The zero-order valence-corrected chi connectivity index (χ0v) is 17.7. The Bertz CT molecular complexity index is 758. The zero-order chi connectivity index (χ0) is 20.3. The van der Waals surface area contributed by atoms with Gasteiger partial charge in [0.2, 0.25) is 5.91 Å². The Kier molecular flexibility index (Phi) is 6.42. The maximum absolute atomic E-state index is 13.2. The van der Waals surface area contributed by atoms with Gasteiger partial charge in [-0.05, 0) is 37.5 Å². The molecule has 4 rings (SSSR count). The molecular weight excluding hydrogens is 390 g/mol. The molecule has 1 aromatic carbocycles. The molecule has 2 saturated heterocycles. The standard InChI is InChI=1S/C22H30ClN3O3/c23-17-6-7-18(19(15-17)26-10-4-5-20(26)27)21(28)24-16-22(8-2-1-3-9-22)25-11-13-29-14-12-25/h6-7,15H,1-5,8-14,16H2,(H,24,28). The molecule has 6 nitrogen and oxygen atoms in total. The highest BCUT2D eigenvalue weighted by atomic mass is 35.5. The number of nitrogens with one attached hydrogen (secondary N) is 1. The smallest absolute Gasteiger partial charge is 0.253 e. The van der Waals surface area contributed by atoms with Crippen molar-refractivity contribution in [3.05, 3.63) is 28.8 Å². The van der Waals surface area contributed by atoms with E-state index in [1.165, 1.54) is 19.3 Å². The maximum Gasteiger partial charge on any atom is 0.253 e. The summed E-state index contributed by atoms with van der Waals surface area (Å²) < 4.78 is 5.55. The highest BCUT2D eigenvalue weighted by Gasteiger charge is 2.39. The molecule has 158 valence electrons. The van der Waals surface area contributed by atoms with Crippen LogP contribution in [0.4, 0.5) is 5.69 Å². The third-order valence-electron chi connectivity index (χ3n) is 6.61. The molecule has 1 saturated carbocycles. The number of anilines is 1. The number of hydrogen-bond acceptors (Lipinski definition) is 4. The molecule has 2 aliphatic heterocycles. The predicted octanol–water partition coefficient (Wildman–Crippen LogP) is 3.23. The van der Waals surface area contributed by atoms with E-state index in [1.54, 1.807) is 23.1 Å². The largest absolute Gasteiger partial charge is 0.379 e. The molecule has 29 heavy (non-hydrogen) atoms. The van der Waals surface area contributed by atoms with Crippen LogP contribution in [0.25, 0.3) is 0 Å². The summed E-state index contributed by atoms with van der Waals surface area (Å²) in [6.07, 6.45) is 7.19. The summed E-state index contributed by atoms with van der Waals surface area (Å²) in [5, 5.41) is 3.74. The molecule has 0 radical (unpaired) electrons. The van der Waals surface area contributed by atoms with Gasteiger partial charge < -0.3 is 15.0 Å². The van der Waals surface area contributed by atoms with Gasteiger partial charge in [0.1, 0.15) is 0 Å². The van der Waals surface area contributed by atoms with Crippen molar-refractivity contribution in [2.45, 2.75) is 50.5 Å². The van der Waals surface area contributed by atoms with Crippen molar-refractivity contribution in [3.8, 4) is 0 Å². The van der Waals surface area contributed by atoms with Gasteiger partial charge in [-0.3, -0.25) is 14.5 Å². The highest BCUT2D eigenvalue weighted by molar-refractivity contribution is 6.31. The first-order valence-electron chi connectivity index (χ1n) is 10.8. The van der Waals surface area contributed by atoms with Gasteiger partial charge in [0.25, 0.3) is 5.91 Å².